The van der Waals surface area contributed by atoms with Gasteiger partial charge in [-0.1, -0.05) is 11.6 Å². The van der Waals surface area contributed by atoms with Crippen LogP contribution in [0.15, 0.2) is 34.7 Å². The highest BCUT2D eigenvalue weighted by Crippen LogP contribution is 2.30. The second-order valence-electron chi connectivity index (χ2n) is 4.33. The van der Waals surface area contributed by atoms with Crippen molar-refractivity contribution in [2.24, 2.45) is 0 Å². The van der Waals surface area contributed by atoms with Gasteiger partial charge in [-0.3, -0.25) is 0 Å². The van der Waals surface area contributed by atoms with Gasteiger partial charge in [0.2, 0.25) is 5.89 Å². The van der Waals surface area contributed by atoms with E-state index in [9.17, 15) is 4.39 Å². The summed E-state index contributed by atoms with van der Waals surface area (Å²) in [6, 6.07) is 8.11. The summed E-state index contributed by atoms with van der Waals surface area (Å²) in [6.07, 6.45) is 0. The molecular weight excluding hydrogens is 267 g/mol. The Bertz CT molecular complexity index is 743. The number of aryl methyl sites for hydroxylation is 1. The first kappa shape index (κ1) is 12.0. The molecule has 0 spiro atoms. The van der Waals surface area contributed by atoms with Gasteiger partial charge in [-0.05, 0) is 36.8 Å². The molecule has 0 fully saturated rings. The Hall–Kier alpha value is -2.07. The molecule has 0 saturated carbocycles. The zero-order valence-electron chi connectivity index (χ0n) is 10.1. The maximum atomic E-state index is 13.4. The van der Waals surface area contributed by atoms with Gasteiger partial charge in [0.05, 0.1) is 5.02 Å². The molecule has 5 heteroatoms. The van der Waals surface area contributed by atoms with Crippen LogP contribution < -0.4 is 5.73 Å². The maximum Gasteiger partial charge on any atom is 0.227 e. The van der Waals surface area contributed by atoms with Crippen LogP contribution in [0, 0.1) is 12.7 Å². The van der Waals surface area contributed by atoms with Crippen molar-refractivity contribution in [1.82, 2.24) is 4.98 Å². The third kappa shape index (κ3) is 2.04. The molecule has 0 aliphatic carbocycles. The molecule has 3 rings (SSSR count). The van der Waals surface area contributed by atoms with Crippen molar-refractivity contribution >= 4 is 28.4 Å². The van der Waals surface area contributed by atoms with Crippen molar-refractivity contribution in [1.29, 1.82) is 0 Å². The van der Waals surface area contributed by atoms with Crippen molar-refractivity contribution in [2.75, 3.05) is 5.73 Å². The normalized spacial score (nSPS) is 11.1. The van der Waals surface area contributed by atoms with Crippen LogP contribution in [0.1, 0.15) is 5.56 Å². The molecule has 0 aliphatic heterocycles. The number of nitrogens with two attached hydrogens (primary N) is 1. The molecule has 3 aromatic rings. The predicted octanol–water partition coefficient (Wildman–Crippen LogP) is 4.18. The highest BCUT2D eigenvalue weighted by Gasteiger charge is 2.13. The van der Waals surface area contributed by atoms with Crippen molar-refractivity contribution in [3.05, 3.63) is 46.7 Å². The van der Waals surface area contributed by atoms with E-state index in [0.717, 1.165) is 11.1 Å². The number of aromatic nitrogens is 1. The third-order valence-corrected chi connectivity index (χ3v) is 3.20. The number of fused-ring (bicyclic) bond motifs is 1. The zero-order valence-corrected chi connectivity index (χ0v) is 10.8. The van der Waals surface area contributed by atoms with Crippen LogP contribution in [0.3, 0.4) is 0 Å². The molecule has 2 N–H and O–H groups in total. The topological polar surface area (TPSA) is 52.0 Å². The monoisotopic (exact) mass is 276 g/mol. The lowest BCUT2D eigenvalue weighted by molar-refractivity contribution is 0.602. The molecule has 2 aromatic carbocycles. The van der Waals surface area contributed by atoms with E-state index in [-0.39, 0.29) is 5.02 Å². The lowest BCUT2D eigenvalue weighted by atomic mass is 10.1. The van der Waals surface area contributed by atoms with E-state index in [2.05, 4.69) is 4.98 Å². The third-order valence-electron chi connectivity index (χ3n) is 2.91. The smallest absolute Gasteiger partial charge is 0.227 e. The van der Waals surface area contributed by atoms with Gasteiger partial charge in [0.25, 0.3) is 0 Å². The Balaban J connectivity index is 2.20. The number of benzene rings is 2. The molecule has 19 heavy (non-hydrogen) atoms. The van der Waals surface area contributed by atoms with Gasteiger partial charge in [-0.15, -0.1) is 0 Å². The first-order valence-corrected chi connectivity index (χ1v) is 6.04. The molecule has 1 heterocycles. The molecule has 0 amide bonds. The first-order chi connectivity index (χ1) is 9.04. The van der Waals surface area contributed by atoms with E-state index in [1.165, 1.54) is 12.1 Å². The van der Waals surface area contributed by atoms with Crippen LogP contribution >= 0.6 is 11.6 Å². The molecule has 1 aromatic heterocycles. The quantitative estimate of drug-likeness (QED) is 0.678. The highest BCUT2D eigenvalue weighted by atomic mass is 35.5. The summed E-state index contributed by atoms with van der Waals surface area (Å²) in [7, 11) is 0. The molecular formula is C14H10ClFN2O. The Morgan fingerprint density at radius 1 is 1.26 bits per heavy atom. The summed E-state index contributed by atoms with van der Waals surface area (Å²) < 4.78 is 18.9. The summed E-state index contributed by atoms with van der Waals surface area (Å²) in [4.78, 5) is 4.32. The minimum absolute atomic E-state index is 0.0291. The van der Waals surface area contributed by atoms with Gasteiger partial charge in [-0.2, -0.15) is 0 Å². The summed E-state index contributed by atoms with van der Waals surface area (Å²) in [5, 5.41) is 0.0291. The number of hydrogen-bond donors (Lipinski definition) is 1. The van der Waals surface area contributed by atoms with Crippen LogP contribution in [0.5, 0.6) is 0 Å². The molecule has 0 saturated heterocycles. The number of nitrogen functional groups attached to an aromatic ring is 1. The Labute approximate surface area is 113 Å². The lowest BCUT2D eigenvalue weighted by Crippen LogP contribution is -1.88. The Morgan fingerprint density at radius 2 is 2.05 bits per heavy atom. The largest absolute Gasteiger partial charge is 0.436 e. The SMILES string of the molecule is Cc1cc(N)ccc1-c1nc2cc(Cl)c(F)cc2o1. The van der Waals surface area contributed by atoms with Gasteiger partial charge in [0, 0.05) is 17.3 Å². The van der Waals surface area contributed by atoms with Gasteiger partial charge in [0.15, 0.2) is 5.58 Å². The number of rotatable bonds is 1. The van der Waals surface area contributed by atoms with Crippen molar-refractivity contribution in [3.8, 4) is 11.5 Å². The van der Waals surface area contributed by atoms with Crippen LogP contribution in [0.2, 0.25) is 5.02 Å². The summed E-state index contributed by atoms with van der Waals surface area (Å²) in [5.74, 6) is -0.0972. The molecule has 0 bridgehead atoms. The van der Waals surface area contributed by atoms with E-state index in [1.807, 2.05) is 19.1 Å². The number of oxazole rings is 1. The van der Waals surface area contributed by atoms with Gasteiger partial charge < -0.3 is 10.2 Å². The minimum atomic E-state index is -0.522. The Morgan fingerprint density at radius 3 is 2.79 bits per heavy atom. The maximum absolute atomic E-state index is 13.4. The fourth-order valence-corrected chi connectivity index (χ4v) is 2.12. The van der Waals surface area contributed by atoms with E-state index >= 15 is 0 Å². The molecule has 0 unspecified atom stereocenters. The van der Waals surface area contributed by atoms with Crippen LogP contribution in [0.4, 0.5) is 10.1 Å². The molecule has 0 aliphatic rings. The average molecular weight is 277 g/mol. The number of hydrogen-bond acceptors (Lipinski definition) is 3. The summed E-state index contributed by atoms with van der Waals surface area (Å²) >= 11 is 5.72. The van der Waals surface area contributed by atoms with E-state index in [4.69, 9.17) is 21.8 Å². The van der Waals surface area contributed by atoms with Crippen LogP contribution in [-0.2, 0) is 0 Å². The zero-order chi connectivity index (χ0) is 13.6. The van der Waals surface area contributed by atoms with Gasteiger partial charge in [-0.25, -0.2) is 9.37 Å². The van der Waals surface area contributed by atoms with Crippen molar-refractivity contribution in [3.63, 3.8) is 0 Å². The van der Waals surface area contributed by atoms with E-state index in [1.54, 1.807) is 6.07 Å². The van der Waals surface area contributed by atoms with E-state index < -0.39 is 5.82 Å². The van der Waals surface area contributed by atoms with Crippen molar-refractivity contribution in [2.45, 2.75) is 6.92 Å². The number of nitrogens with zero attached hydrogens (tertiary/aromatic N) is 1. The fourth-order valence-electron chi connectivity index (χ4n) is 1.97. The Kier molecular flexibility index (Phi) is 2.68. The summed E-state index contributed by atoms with van der Waals surface area (Å²) in [6.45, 7) is 1.91. The van der Waals surface area contributed by atoms with Crippen LogP contribution in [0.25, 0.3) is 22.6 Å². The lowest BCUT2D eigenvalue weighted by Gasteiger charge is -2.01. The highest BCUT2D eigenvalue weighted by molar-refractivity contribution is 6.31. The van der Waals surface area contributed by atoms with Gasteiger partial charge >= 0.3 is 0 Å². The summed E-state index contributed by atoms with van der Waals surface area (Å²) in [5.41, 5.74) is 9.03. The predicted molar refractivity (Wildman–Crippen MR) is 73.6 cm³/mol. The number of anilines is 1. The second-order valence-corrected chi connectivity index (χ2v) is 4.73. The van der Waals surface area contributed by atoms with Crippen molar-refractivity contribution < 1.29 is 8.81 Å². The van der Waals surface area contributed by atoms with Gasteiger partial charge in [0.1, 0.15) is 11.3 Å². The molecule has 0 atom stereocenters. The van der Waals surface area contributed by atoms with Crippen LogP contribution in [-0.4, -0.2) is 4.98 Å². The fraction of sp³-hybridized carbons (Fsp3) is 0.0714. The number of halogens is 2. The molecule has 96 valence electrons. The first-order valence-electron chi connectivity index (χ1n) is 5.66. The average Bonchev–Trinajstić information content (AvgIpc) is 2.72. The minimum Gasteiger partial charge on any atom is -0.436 e. The second kappa shape index (κ2) is 4.24. The standard InChI is InChI=1S/C14H10ClFN2O/c1-7-4-8(17)2-3-9(7)14-18-12-5-10(15)11(16)6-13(12)19-14/h2-6H,17H2,1H3. The molecule has 3 nitrogen and oxygen atoms in total. The molecule has 0 radical (unpaired) electrons. The van der Waals surface area contributed by atoms with E-state index in [0.29, 0.717) is 22.7 Å².